The molecule has 1 amide bonds. The molecule has 0 bridgehead atoms. The van der Waals surface area contributed by atoms with Gasteiger partial charge in [0.1, 0.15) is 0 Å². The number of hydrogen-bond acceptors (Lipinski definition) is 5. The number of carbonyl (C=O) groups excluding carboxylic acids is 1. The lowest BCUT2D eigenvalue weighted by molar-refractivity contribution is -0.137. The zero-order chi connectivity index (χ0) is 16.1. The molecule has 22 heavy (non-hydrogen) atoms. The second-order valence-electron chi connectivity index (χ2n) is 5.64. The van der Waals surface area contributed by atoms with E-state index in [1.54, 1.807) is 4.90 Å². The molecule has 0 saturated carbocycles. The molecule has 7 heteroatoms. The topological polar surface area (TPSA) is 73.7 Å². The molecule has 0 aliphatic carbocycles. The minimum Gasteiger partial charge on any atom is -0.481 e. The fourth-order valence-electron chi connectivity index (χ4n) is 2.47. The molecule has 1 N–H and O–H groups in total. The van der Waals surface area contributed by atoms with Gasteiger partial charge in [-0.25, -0.2) is 4.98 Å². The molecule has 2 rings (SSSR count). The smallest absolute Gasteiger partial charge is 0.305 e. The molecular weight excluding hydrogens is 302 g/mol. The van der Waals surface area contributed by atoms with Crippen molar-refractivity contribution < 1.29 is 14.7 Å². The Morgan fingerprint density at radius 2 is 1.95 bits per heavy atom. The number of carbonyl (C=O) groups is 2. The highest BCUT2D eigenvalue weighted by Gasteiger charge is 2.22. The molecule has 1 aromatic rings. The van der Waals surface area contributed by atoms with Crippen LogP contribution in [0.2, 0.25) is 0 Å². The number of aryl methyl sites for hydroxylation is 2. The summed E-state index contributed by atoms with van der Waals surface area (Å²) in [4.78, 5) is 32.5. The third kappa shape index (κ3) is 4.43. The number of carboxylic acids is 1. The van der Waals surface area contributed by atoms with Crippen molar-refractivity contribution in [3.63, 3.8) is 0 Å². The van der Waals surface area contributed by atoms with Crippen LogP contribution < -0.4 is 4.90 Å². The summed E-state index contributed by atoms with van der Waals surface area (Å²) in [5.41, 5.74) is 0.936. The number of thiazole rings is 1. The average Bonchev–Trinajstić information content (AvgIpc) is 2.83. The molecule has 122 valence electrons. The van der Waals surface area contributed by atoms with Gasteiger partial charge in [0, 0.05) is 24.5 Å². The maximum atomic E-state index is 12.4. The van der Waals surface area contributed by atoms with Gasteiger partial charge in [0.25, 0.3) is 0 Å². The Hall–Kier alpha value is -1.63. The van der Waals surface area contributed by atoms with E-state index in [2.05, 4.69) is 4.98 Å². The van der Waals surface area contributed by atoms with Crippen molar-refractivity contribution >= 4 is 28.3 Å². The van der Waals surface area contributed by atoms with E-state index in [0.717, 1.165) is 41.6 Å². The molecule has 0 unspecified atom stereocenters. The van der Waals surface area contributed by atoms with Crippen LogP contribution in [0.25, 0.3) is 0 Å². The first-order valence-corrected chi connectivity index (χ1v) is 8.47. The van der Waals surface area contributed by atoms with Crippen LogP contribution in [0.15, 0.2) is 0 Å². The predicted octanol–water partition coefficient (Wildman–Crippen LogP) is 2.05. The Labute approximate surface area is 134 Å². The number of nitrogens with zero attached hydrogens (tertiary/aromatic N) is 3. The number of likely N-dealkylation sites (tertiary alicyclic amines) is 1. The van der Waals surface area contributed by atoms with Gasteiger partial charge in [-0.3, -0.25) is 9.59 Å². The zero-order valence-electron chi connectivity index (χ0n) is 13.2. The summed E-state index contributed by atoms with van der Waals surface area (Å²) >= 11 is 1.51. The van der Waals surface area contributed by atoms with Crippen molar-refractivity contribution in [3.05, 3.63) is 10.6 Å². The van der Waals surface area contributed by atoms with Crippen molar-refractivity contribution in [2.24, 2.45) is 0 Å². The highest BCUT2D eigenvalue weighted by atomic mass is 32.1. The lowest BCUT2D eigenvalue weighted by Gasteiger charge is -2.29. The maximum Gasteiger partial charge on any atom is 0.305 e. The number of anilines is 1. The number of aromatic nitrogens is 1. The number of piperidine rings is 1. The molecule has 0 radical (unpaired) electrons. The lowest BCUT2D eigenvalue weighted by atomic mass is 10.1. The van der Waals surface area contributed by atoms with Crippen LogP contribution in [0, 0.1) is 13.8 Å². The van der Waals surface area contributed by atoms with Crippen LogP contribution in [-0.2, 0) is 9.59 Å². The van der Waals surface area contributed by atoms with Gasteiger partial charge in [0.05, 0.1) is 18.7 Å². The number of hydrogen-bond donors (Lipinski definition) is 1. The highest BCUT2D eigenvalue weighted by Crippen LogP contribution is 2.25. The van der Waals surface area contributed by atoms with Gasteiger partial charge < -0.3 is 14.9 Å². The molecule has 0 aromatic carbocycles. The molecule has 1 aliphatic heterocycles. The van der Waals surface area contributed by atoms with Crippen LogP contribution >= 0.6 is 11.3 Å². The summed E-state index contributed by atoms with van der Waals surface area (Å²) in [6, 6.07) is 0. The molecule has 1 aliphatic rings. The highest BCUT2D eigenvalue weighted by molar-refractivity contribution is 7.15. The van der Waals surface area contributed by atoms with E-state index in [9.17, 15) is 9.59 Å². The standard InChI is InChI=1S/C15H23N3O3S/c1-11-12(2)22-15(16-11)18(9-6-14(20)21)10-13(19)17-7-4-3-5-8-17/h3-10H2,1-2H3,(H,20,21). The minimum absolute atomic E-state index is 0.00492. The van der Waals surface area contributed by atoms with Crippen molar-refractivity contribution in [1.82, 2.24) is 9.88 Å². The molecular formula is C15H23N3O3S. The fraction of sp³-hybridized carbons (Fsp3) is 0.667. The van der Waals surface area contributed by atoms with Crippen LogP contribution in [0.4, 0.5) is 5.13 Å². The van der Waals surface area contributed by atoms with Crippen molar-refractivity contribution in [1.29, 1.82) is 0 Å². The van der Waals surface area contributed by atoms with E-state index < -0.39 is 5.97 Å². The summed E-state index contributed by atoms with van der Waals surface area (Å²) in [6.07, 6.45) is 3.29. The zero-order valence-corrected chi connectivity index (χ0v) is 14.0. The number of aliphatic carboxylic acids is 1. The second-order valence-corrected chi connectivity index (χ2v) is 6.83. The largest absolute Gasteiger partial charge is 0.481 e. The van der Waals surface area contributed by atoms with Gasteiger partial charge in [-0.15, -0.1) is 11.3 Å². The van der Waals surface area contributed by atoms with Gasteiger partial charge in [-0.05, 0) is 33.1 Å². The molecule has 0 atom stereocenters. The first-order chi connectivity index (χ1) is 10.5. The quantitative estimate of drug-likeness (QED) is 0.866. The second kappa shape index (κ2) is 7.58. The van der Waals surface area contributed by atoms with Gasteiger partial charge in [0.2, 0.25) is 5.91 Å². The Morgan fingerprint density at radius 3 is 2.50 bits per heavy atom. The summed E-state index contributed by atoms with van der Waals surface area (Å²) < 4.78 is 0. The molecule has 1 aromatic heterocycles. The number of carboxylic acid groups (broad SMARTS) is 1. The van der Waals surface area contributed by atoms with Gasteiger partial charge >= 0.3 is 5.97 Å². The normalized spacial score (nSPS) is 14.9. The summed E-state index contributed by atoms with van der Waals surface area (Å²) in [6.45, 7) is 6.04. The summed E-state index contributed by atoms with van der Waals surface area (Å²) in [7, 11) is 0. The Bertz CT molecular complexity index is 519. The number of rotatable bonds is 6. The van der Waals surface area contributed by atoms with Crippen LogP contribution in [0.1, 0.15) is 36.3 Å². The Morgan fingerprint density at radius 1 is 1.27 bits per heavy atom. The van der Waals surface area contributed by atoms with Gasteiger partial charge in [-0.2, -0.15) is 0 Å². The van der Waals surface area contributed by atoms with E-state index in [0.29, 0.717) is 6.54 Å². The van der Waals surface area contributed by atoms with E-state index in [-0.39, 0.29) is 18.9 Å². The first kappa shape index (κ1) is 16.7. The van der Waals surface area contributed by atoms with Gasteiger partial charge in [0.15, 0.2) is 5.13 Å². The van der Waals surface area contributed by atoms with Crippen molar-refractivity contribution in [2.75, 3.05) is 31.1 Å². The van der Waals surface area contributed by atoms with Gasteiger partial charge in [-0.1, -0.05) is 0 Å². The predicted molar refractivity (Wildman–Crippen MR) is 86.5 cm³/mol. The SMILES string of the molecule is Cc1nc(N(CCC(=O)O)CC(=O)N2CCCCC2)sc1C. The fourth-order valence-corrected chi connectivity index (χ4v) is 3.41. The third-order valence-electron chi connectivity index (χ3n) is 3.92. The summed E-state index contributed by atoms with van der Waals surface area (Å²) in [5, 5.41) is 9.65. The Balaban J connectivity index is 2.06. The monoisotopic (exact) mass is 325 g/mol. The minimum atomic E-state index is -0.861. The maximum absolute atomic E-state index is 12.4. The third-order valence-corrected chi connectivity index (χ3v) is 5.05. The average molecular weight is 325 g/mol. The van der Waals surface area contributed by atoms with E-state index in [4.69, 9.17) is 5.11 Å². The van der Waals surface area contributed by atoms with Crippen molar-refractivity contribution in [3.8, 4) is 0 Å². The lowest BCUT2D eigenvalue weighted by Crippen LogP contribution is -2.43. The van der Waals surface area contributed by atoms with Crippen LogP contribution in [0.3, 0.4) is 0 Å². The van der Waals surface area contributed by atoms with E-state index in [1.807, 2.05) is 18.7 Å². The molecule has 0 spiro atoms. The molecule has 1 saturated heterocycles. The van der Waals surface area contributed by atoms with E-state index in [1.165, 1.54) is 17.8 Å². The van der Waals surface area contributed by atoms with E-state index >= 15 is 0 Å². The molecule has 6 nitrogen and oxygen atoms in total. The van der Waals surface area contributed by atoms with Crippen molar-refractivity contribution in [2.45, 2.75) is 39.5 Å². The van der Waals surface area contributed by atoms with Crippen LogP contribution in [-0.4, -0.2) is 53.0 Å². The number of amides is 1. The van der Waals surface area contributed by atoms with Crippen LogP contribution in [0.5, 0.6) is 0 Å². The summed E-state index contributed by atoms with van der Waals surface area (Å²) in [5.74, 6) is -0.795. The Kier molecular flexibility index (Phi) is 5.76. The molecule has 2 heterocycles. The molecule has 1 fully saturated rings. The first-order valence-electron chi connectivity index (χ1n) is 7.66.